The number of halogens is 3. The summed E-state index contributed by atoms with van der Waals surface area (Å²) in [7, 11) is 1.84. The van der Waals surface area contributed by atoms with Crippen LogP contribution in [0.25, 0.3) is 0 Å². The third kappa shape index (κ3) is 3.37. The van der Waals surface area contributed by atoms with Crippen molar-refractivity contribution >= 4 is 23.4 Å². The first kappa shape index (κ1) is 21.0. The summed E-state index contributed by atoms with van der Waals surface area (Å²) in [5.74, 6) is 1.05. The maximum absolute atomic E-state index is 13.0. The van der Waals surface area contributed by atoms with Gasteiger partial charge in [0.15, 0.2) is 5.82 Å². The highest BCUT2D eigenvalue weighted by molar-refractivity contribution is 6.06. The summed E-state index contributed by atoms with van der Waals surface area (Å²) in [5.41, 5.74) is -0.261. The zero-order valence-corrected chi connectivity index (χ0v) is 17.7. The van der Waals surface area contributed by atoms with E-state index in [-0.39, 0.29) is 24.4 Å². The second-order valence-corrected chi connectivity index (χ2v) is 8.75. The lowest BCUT2D eigenvalue weighted by atomic mass is 9.80. The Bertz CT molecular complexity index is 1040. The quantitative estimate of drug-likeness (QED) is 0.737. The Kier molecular flexibility index (Phi) is 4.80. The van der Waals surface area contributed by atoms with Gasteiger partial charge in [-0.25, -0.2) is 4.98 Å². The molecular formula is C20H24F3N7O2. The number of aromatic nitrogens is 4. The number of amides is 1. The first-order chi connectivity index (χ1) is 15.2. The van der Waals surface area contributed by atoms with Crippen LogP contribution in [0.1, 0.15) is 30.7 Å². The number of rotatable bonds is 4. The summed E-state index contributed by atoms with van der Waals surface area (Å²) in [6.07, 6.45) is -1.26. The molecule has 12 heteroatoms. The third-order valence-electron chi connectivity index (χ3n) is 6.70. The molecule has 1 unspecified atom stereocenters. The number of nitrogens with one attached hydrogen (secondary N) is 2. The predicted octanol–water partition coefficient (Wildman–Crippen LogP) is 2.44. The highest BCUT2D eigenvalue weighted by Gasteiger charge is 2.50. The molecule has 1 aliphatic carbocycles. The monoisotopic (exact) mass is 451 g/mol. The molecule has 1 atom stereocenters. The van der Waals surface area contributed by atoms with Crippen LogP contribution in [0.2, 0.25) is 0 Å². The van der Waals surface area contributed by atoms with Crippen molar-refractivity contribution in [3.05, 3.63) is 23.7 Å². The Morgan fingerprint density at radius 3 is 2.81 bits per heavy atom. The topological polar surface area (TPSA) is 97.2 Å². The second kappa shape index (κ2) is 7.32. The lowest BCUT2D eigenvalue weighted by Gasteiger charge is -2.42. The molecule has 2 aromatic rings. The number of carbonyl (C=O) groups excluding carboxylic acids is 1. The fraction of sp³-hybridized carbons (Fsp3) is 0.600. The van der Waals surface area contributed by atoms with Crippen molar-refractivity contribution in [3.8, 4) is 0 Å². The molecule has 1 saturated heterocycles. The van der Waals surface area contributed by atoms with Gasteiger partial charge in [0, 0.05) is 38.9 Å². The van der Waals surface area contributed by atoms with E-state index in [4.69, 9.17) is 4.74 Å². The van der Waals surface area contributed by atoms with Crippen LogP contribution in [0.5, 0.6) is 0 Å². The third-order valence-corrected chi connectivity index (χ3v) is 6.70. The molecule has 2 aliphatic heterocycles. The molecule has 1 spiro atoms. The van der Waals surface area contributed by atoms with E-state index >= 15 is 0 Å². The lowest BCUT2D eigenvalue weighted by Crippen LogP contribution is -2.59. The number of carbonyl (C=O) groups is 1. The van der Waals surface area contributed by atoms with Gasteiger partial charge in [-0.15, -0.1) is 0 Å². The number of fused-ring (bicyclic) bond motifs is 1. The fourth-order valence-electron chi connectivity index (χ4n) is 4.74. The normalized spacial score (nSPS) is 27.3. The molecule has 0 aromatic carbocycles. The van der Waals surface area contributed by atoms with Crippen LogP contribution in [0.3, 0.4) is 0 Å². The number of aryl methyl sites for hydroxylation is 1. The van der Waals surface area contributed by atoms with Gasteiger partial charge < -0.3 is 20.3 Å². The first-order valence-electron chi connectivity index (χ1n) is 10.5. The molecule has 5 rings (SSSR count). The van der Waals surface area contributed by atoms with Crippen molar-refractivity contribution in [2.75, 3.05) is 35.8 Å². The standard InChI is InChI=1S/C20H24F3N7O2/c1-11-15-16(29(2)19(17(31)27-15)4-6-32-10-19)28-18(25-11)26-13-7-12(8-13)9-30-14(3-5-24-30)20(21,22)23/h3,5,12-13H,4,6-10H2,1-2H3,(H,27,31)(H,25,26,28). The Morgan fingerprint density at radius 2 is 2.12 bits per heavy atom. The highest BCUT2D eigenvalue weighted by Crippen LogP contribution is 2.41. The second-order valence-electron chi connectivity index (χ2n) is 8.75. The minimum Gasteiger partial charge on any atom is -0.378 e. The zero-order valence-electron chi connectivity index (χ0n) is 17.7. The van der Waals surface area contributed by atoms with Gasteiger partial charge in [0.2, 0.25) is 5.95 Å². The average molecular weight is 451 g/mol. The molecule has 2 aromatic heterocycles. The number of nitrogens with zero attached hydrogens (tertiary/aromatic N) is 5. The number of likely N-dealkylation sites (N-methyl/N-ethyl adjacent to an activating group) is 1. The number of hydrogen-bond acceptors (Lipinski definition) is 7. The van der Waals surface area contributed by atoms with E-state index in [2.05, 4.69) is 25.7 Å². The van der Waals surface area contributed by atoms with E-state index in [1.165, 1.54) is 6.20 Å². The van der Waals surface area contributed by atoms with Gasteiger partial charge >= 0.3 is 6.18 Å². The Hall–Kier alpha value is -2.89. The van der Waals surface area contributed by atoms with E-state index in [9.17, 15) is 18.0 Å². The average Bonchev–Trinajstić information content (AvgIpc) is 3.36. The smallest absolute Gasteiger partial charge is 0.378 e. The van der Waals surface area contributed by atoms with Gasteiger partial charge in [-0.2, -0.15) is 23.3 Å². The maximum Gasteiger partial charge on any atom is 0.433 e. The van der Waals surface area contributed by atoms with Crippen LogP contribution in [0.4, 0.5) is 30.6 Å². The molecule has 172 valence electrons. The summed E-state index contributed by atoms with van der Waals surface area (Å²) in [6, 6.07) is 1.06. The van der Waals surface area contributed by atoms with Gasteiger partial charge in [0.05, 0.1) is 12.3 Å². The number of hydrogen-bond donors (Lipinski definition) is 2. The van der Waals surface area contributed by atoms with Crippen molar-refractivity contribution in [2.45, 2.75) is 50.5 Å². The van der Waals surface area contributed by atoms with Gasteiger partial charge in [-0.3, -0.25) is 9.48 Å². The summed E-state index contributed by atoms with van der Waals surface area (Å²) in [6.45, 7) is 2.85. The van der Waals surface area contributed by atoms with Crippen molar-refractivity contribution in [1.82, 2.24) is 19.7 Å². The maximum atomic E-state index is 13.0. The fourth-order valence-corrected chi connectivity index (χ4v) is 4.74. The van der Waals surface area contributed by atoms with E-state index in [1.807, 2.05) is 18.9 Å². The molecule has 32 heavy (non-hydrogen) atoms. The molecule has 0 bridgehead atoms. The number of ether oxygens (including phenoxy) is 1. The van der Waals surface area contributed by atoms with Crippen molar-refractivity contribution < 1.29 is 22.7 Å². The van der Waals surface area contributed by atoms with Crippen molar-refractivity contribution in [1.29, 1.82) is 0 Å². The van der Waals surface area contributed by atoms with Crippen LogP contribution in [0, 0.1) is 12.8 Å². The lowest BCUT2D eigenvalue weighted by molar-refractivity contribution is -0.144. The minimum absolute atomic E-state index is 0.0645. The Morgan fingerprint density at radius 1 is 1.34 bits per heavy atom. The summed E-state index contributed by atoms with van der Waals surface area (Å²) >= 11 is 0. The van der Waals surface area contributed by atoms with Crippen molar-refractivity contribution in [2.24, 2.45) is 5.92 Å². The van der Waals surface area contributed by atoms with Crippen LogP contribution < -0.4 is 15.5 Å². The number of alkyl halides is 3. The van der Waals surface area contributed by atoms with E-state index in [0.717, 1.165) is 10.7 Å². The van der Waals surface area contributed by atoms with Gasteiger partial charge in [-0.1, -0.05) is 0 Å². The molecule has 1 saturated carbocycles. The van der Waals surface area contributed by atoms with Gasteiger partial charge in [0.25, 0.3) is 5.91 Å². The number of anilines is 3. The first-order valence-corrected chi connectivity index (χ1v) is 10.5. The molecule has 9 nitrogen and oxygen atoms in total. The largest absolute Gasteiger partial charge is 0.433 e. The molecule has 4 heterocycles. The van der Waals surface area contributed by atoms with Crippen LogP contribution in [-0.2, 0) is 22.3 Å². The minimum atomic E-state index is -4.41. The van der Waals surface area contributed by atoms with E-state index in [0.29, 0.717) is 55.6 Å². The molecular weight excluding hydrogens is 427 g/mol. The summed E-state index contributed by atoms with van der Waals surface area (Å²) < 4.78 is 45.6. The van der Waals surface area contributed by atoms with Gasteiger partial charge in [-0.05, 0) is 31.7 Å². The molecule has 0 radical (unpaired) electrons. The molecule has 3 aliphatic rings. The summed E-state index contributed by atoms with van der Waals surface area (Å²) in [5, 5.41) is 10.0. The van der Waals surface area contributed by atoms with Gasteiger partial charge in [0.1, 0.15) is 16.9 Å². The van der Waals surface area contributed by atoms with Crippen LogP contribution in [0.15, 0.2) is 12.3 Å². The predicted molar refractivity (Wildman–Crippen MR) is 109 cm³/mol. The van der Waals surface area contributed by atoms with E-state index in [1.54, 1.807) is 0 Å². The molecule has 1 amide bonds. The summed E-state index contributed by atoms with van der Waals surface area (Å²) in [4.78, 5) is 23.7. The highest BCUT2D eigenvalue weighted by atomic mass is 19.4. The Balaban J connectivity index is 1.26. The van der Waals surface area contributed by atoms with Crippen molar-refractivity contribution in [3.63, 3.8) is 0 Å². The van der Waals surface area contributed by atoms with E-state index < -0.39 is 17.4 Å². The van der Waals surface area contributed by atoms with Crippen LogP contribution in [-0.4, -0.2) is 57.5 Å². The molecule has 2 N–H and O–H groups in total. The molecule has 2 fully saturated rings. The zero-order chi connectivity index (χ0) is 22.7. The SMILES string of the molecule is Cc1nc(NC2CC(Cn3nccc3C(F)(F)F)C2)nc2c1NC(=O)C1(CCOC1)N2C. The van der Waals surface area contributed by atoms with Crippen LogP contribution >= 0.6 is 0 Å². The Labute approximate surface area is 182 Å².